The van der Waals surface area contributed by atoms with Gasteiger partial charge in [0.15, 0.2) is 0 Å². The van der Waals surface area contributed by atoms with E-state index in [-0.39, 0.29) is 11.3 Å². The zero-order valence-corrected chi connectivity index (χ0v) is 10.2. The van der Waals surface area contributed by atoms with Crippen molar-refractivity contribution in [1.82, 2.24) is 4.72 Å². The molecule has 1 N–H and O–H groups in total. The van der Waals surface area contributed by atoms with E-state index in [4.69, 9.17) is 0 Å². The van der Waals surface area contributed by atoms with Crippen LogP contribution in [-0.2, 0) is 10.0 Å². The summed E-state index contributed by atoms with van der Waals surface area (Å²) < 4.78 is 26.0. The fourth-order valence-electron chi connectivity index (χ4n) is 1.61. The SMILES string of the molecule is CC(CBr)NS(=O)(=O)C1CCCC1. The monoisotopic (exact) mass is 269 g/mol. The molecule has 1 rings (SSSR count). The fourth-order valence-corrected chi connectivity index (χ4v) is 3.77. The summed E-state index contributed by atoms with van der Waals surface area (Å²) in [6.45, 7) is 1.86. The van der Waals surface area contributed by atoms with Crippen LogP contribution in [0.1, 0.15) is 32.6 Å². The van der Waals surface area contributed by atoms with E-state index in [9.17, 15) is 8.42 Å². The lowest BCUT2D eigenvalue weighted by Gasteiger charge is -2.15. The number of hydrogen-bond donors (Lipinski definition) is 1. The Hall–Kier alpha value is 0.390. The third-order valence-electron chi connectivity index (χ3n) is 2.34. The average molecular weight is 270 g/mol. The van der Waals surface area contributed by atoms with E-state index in [2.05, 4.69) is 20.7 Å². The molecule has 0 aliphatic heterocycles. The van der Waals surface area contributed by atoms with Gasteiger partial charge >= 0.3 is 0 Å². The second-order valence-electron chi connectivity index (χ2n) is 3.62. The van der Waals surface area contributed by atoms with Gasteiger partial charge in [0, 0.05) is 11.4 Å². The summed E-state index contributed by atoms with van der Waals surface area (Å²) in [5, 5.41) is 0.521. The summed E-state index contributed by atoms with van der Waals surface area (Å²) in [6, 6.07) is -0.00870. The normalized spacial score (nSPS) is 22.0. The van der Waals surface area contributed by atoms with Gasteiger partial charge in [-0.2, -0.15) is 0 Å². The van der Waals surface area contributed by atoms with Gasteiger partial charge in [-0.15, -0.1) is 0 Å². The molecular weight excluding hydrogens is 254 g/mol. The molecule has 0 heterocycles. The molecule has 13 heavy (non-hydrogen) atoms. The predicted molar refractivity (Wildman–Crippen MR) is 57.6 cm³/mol. The van der Waals surface area contributed by atoms with Gasteiger partial charge in [0.1, 0.15) is 0 Å². The Morgan fingerprint density at radius 3 is 2.46 bits per heavy atom. The average Bonchev–Trinajstić information content (AvgIpc) is 2.55. The third kappa shape index (κ3) is 3.22. The summed E-state index contributed by atoms with van der Waals surface area (Å²) in [6.07, 6.45) is 3.75. The van der Waals surface area contributed by atoms with E-state index in [1.165, 1.54) is 0 Å². The van der Waals surface area contributed by atoms with Crippen molar-refractivity contribution in [1.29, 1.82) is 0 Å². The minimum Gasteiger partial charge on any atom is -0.212 e. The highest BCUT2D eigenvalue weighted by Crippen LogP contribution is 2.24. The maximum Gasteiger partial charge on any atom is 0.214 e. The molecule has 0 aromatic rings. The van der Waals surface area contributed by atoms with E-state index in [0.717, 1.165) is 25.7 Å². The van der Waals surface area contributed by atoms with Gasteiger partial charge in [0.2, 0.25) is 10.0 Å². The minimum absolute atomic E-state index is 0.00870. The van der Waals surface area contributed by atoms with Crippen molar-refractivity contribution in [3.05, 3.63) is 0 Å². The Morgan fingerprint density at radius 2 is 2.00 bits per heavy atom. The highest BCUT2D eigenvalue weighted by atomic mass is 79.9. The van der Waals surface area contributed by atoms with Crippen LogP contribution in [0.4, 0.5) is 0 Å². The van der Waals surface area contributed by atoms with Crippen LogP contribution in [-0.4, -0.2) is 25.0 Å². The van der Waals surface area contributed by atoms with Crippen molar-refractivity contribution in [3.63, 3.8) is 0 Å². The Labute approximate surface area is 88.5 Å². The van der Waals surface area contributed by atoms with Crippen LogP contribution >= 0.6 is 15.9 Å². The highest BCUT2D eigenvalue weighted by Gasteiger charge is 2.29. The van der Waals surface area contributed by atoms with Gasteiger partial charge in [-0.05, 0) is 19.8 Å². The van der Waals surface area contributed by atoms with Crippen LogP contribution in [0.5, 0.6) is 0 Å². The molecule has 1 fully saturated rings. The minimum atomic E-state index is -3.05. The number of sulfonamides is 1. The quantitative estimate of drug-likeness (QED) is 0.789. The van der Waals surface area contributed by atoms with Crippen molar-refractivity contribution in [2.75, 3.05) is 5.33 Å². The summed E-state index contributed by atoms with van der Waals surface area (Å²) in [5.41, 5.74) is 0. The van der Waals surface area contributed by atoms with Crippen LogP contribution < -0.4 is 4.72 Å². The first-order valence-electron chi connectivity index (χ1n) is 4.63. The molecule has 1 saturated carbocycles. The van der Waals surface area contributed by atoms with Crippen molar-refractivity contribution in [2.45, 2.75) is 43.9 Å². The summed E-state index contributed by atoms with van der Waals surface area (Å²) in [5.74, 6) is 0. The van der Waals surface area contributed by atoms with Gasteiger partial charge in [-0.1, -0.05) is 28.8 Å². The first-order valence-corrected chi connectivity index (χ1v) is 7.30. The van der Waals surface area contributed by atoms with E-state index in [1.807, 2.05) is 6.92 Å². The van der Waals surface area contributed by atoms with Gasteiger partial charge in [0.05, 0.1) is 5.25 Å². The molecule has 0 aromatic carbocycles. The molecule has 0 aromatic heterocycles. The lowest BCUT2D eigenvalue weighted by molar-refractivity contribution is 0.555. The Morgan fingerprint density at radius 1 is 1.46 bits per heavy atom. The Balaban J connectivity index is 2.54. The maximum atomic E-state index is 11.7. The Kier molecular flexibility index (Phi) is 4.19. The van der Waals surface area contributed by atoms with Gasteiger partial charge in [0.25, 0.3) is 0 Å². The van der Waals surface area contributed by atoms with Crippen LogP contribution in [0.15, 0.2) is 0 Å². The zero-order chi connectivity index (χ0) is 9.90. The van der Waals surface area contributed by atoms with Crippen molar-refractivity contribution >= 4 is 26.0 Å². The van der Waals surface area contributed by atoms with Gasteiger partial charge < -0.3 is 0 Å². The molecular formula is C8H16BrNO2S. The molecule has 0 amide bonds. The highest BCUT2D eigenvalue weighted by molar-refractivity contribution is 9.09. The number of rotatable bonds is 4. The fraction of sp³-hybridized carbons (Fsp3) is 1.00. The van der Waals surface area contributed by atoms with Crippen LogP contribution in [0, 0.1) is 0 Å². The zero-order valence-electron chi connectivity index (χ0n) is 7.79. The molecule has 5 heteroatoms. The largest absolute Gasteiger partial charge is 0.214 e. The van der Waals surface area contributed by atoms with Crippen molar-refractivity contribution in [2.24, 2.45) is 0 Å². The molecule has 0 radical (unpaired) electrons. The summed E-state index contributed by atoms with van der Waals surface area (Å²) in [4.78, 5) is 0. The van der Waals surface area contributed by atoms with E-state index in [1.54, 1.807) is 0 Å². The van der Waals surface area contributed by atoms with Crippen molar-refractivity contribution < 1.29 is 8.42 Å². The summed E-state index contributed by atoms with van der Waals surface area (Å²) in [7, 11) is -3.05. The standard InChI is InChI=1S/C8H16BrNO2S/c1-7(6-9)10-13(11,12)8-4-2-3-5-8/h7-8,10H,2-6H2,1H3. The first-order chi connectivity index (χ1) is 6.06. The Bertz CT molecular complexity index is 247. The number of hydrogen-bond acceptors (Lipinski definition) is 2. The lowest BCUT2D eigenvalue weighted by atomic mass is 10.4. The molecule has 1 aliphatic carbocycles. The number of nitrogens with one attached hydrogen (secondary N) is 1. The van der Waals surface area contributed by atoms with Crippen LogP contribution in [0.2, 0.25) is 0 Å². The maximum absolute atomic E-state index is 11.7. The van der Waals surface area contributed by atoms with Gasteiger partial charge in [-0.3, -0.25) is 0 Å². The van der Waals surface area contributed by atoms with Gasteiger partial charge in [-0.25, -0.2) is 13.1 Å². The molecule has 78 valence electrons. The predicted octanol–water partition coefficient (Wildman–Crippen LogP) is 1.63. The molecule has 0 spiro atoms. The molecule has 0 bridgehead atoms. The number of halogens is 1. The second kappa shape index (κ2) is 4.75. The molecule has 1 atom stereocenters. The van der Waals surface area contributed by atoms with Crippen LogP contribution in [0.3, 0.4) is 0 Å². The lowest BCUT2D eigenvalue weighted by Crippen LogP contribution is -2.39. The summed E-state index contributed by atoms with van der Waals surface area (Å²) >= 11 is 3.25. The smallest absolute Gasteiger partial charge is 0.212 e. The second-order valence-corrected chi connectivity index (χ2v) is 6.26. The van der Waals surface area contributed by atoms with E-state index in [0.29, 0.717) is 5.33 Å². The number of alkyl halides is 1. The topological polar surface area (TPSA) is 46.2 Å². The molecule has 1 aliphatic rings. The van der Waals surface area contributed by atoms with Crippen LogP contribution in [0.25, 0.3) is 0 Å². The third-order valence-corrected chi connectivity index (χ3v) is 5.39. The van der Waals surface area contributed by atoms with Crippen molar-refractivity contribution in [3.8, 4) is 0 Å². The molecule has 3 nitrogen and oxygen atoms in total. The molecule has 0 saturated heterocycles. The molecule has 1 unspecified atom stereocenters. The first kappa shape index (κ1) is 11.5. The van der Waals surface area contributed by atoms with E-state index >= 15 is 0 Å². The van der Waals surface area contributed by atoms with E-state index < -0.39 is 10.0 Å².